The quantitative estimate of drug-likeness (QED) is 0.420. The van der Waals surface area contributed by atoms with E-state index in [1.165, 1.54) is 0 Å². The van der Waals surface area contributed by atoms with E-state index in [4.69, 9.17) is 4.74 Å². The van der Waals surface area contributed by atoms with Gasteiger partial charge in [0.05, 0.1) is 12.2 Å². The largest absolute Gasteiger partial charge is 0.390 e. The van der Waals surface area contributed by atoms with E-state index >= 15 is 0 Å². The van der Waals surface area contributed by atoms with Gasteiger partial charge in [0.15, 0.2) is 0 Å². The van der Waals surface area contributed by atoms with Crippen molar-refractivity contribution in [3.05, 3.63) is 12.2 Å². The molecule has 1 saturated heterocycles. The standard InChI is InChI=1S/C9H14O2/c10-7-5-3-1-2-4-6-8-9(7)11-8/h1-2,7-10H,3-6H2/b2-1-. The van der Waals surface area contributed by atoms with Gasteiger partial charge in [-0.1, -0.05) is 12.2 Å². The zero-order chi connectivity index (χ0) is 7.68. The fourth-order valence-corrected chi connectivity index (χ4v) is 1.65. The van der Waals surface area contributed by atoms with Crippen LogP contribution in [0, 0.1) is 0 Å². The van der Waals surface area contributed by atoms with Crippen molar-refractivity contribution in [2.75, 3.05) is 0 Å². The molecule has 1 heterocycles. The molecule has 0 aromatic carbocycles. The molecule has 0 saturated carbocycles. The lowest BCUT2D eigenvalue weighted by atomic mass is 10.1. The second-order valence-electron chi connectivity index (χ2n) is 3.33. The van der Waals surface area contributed by atoms with Crippen LogP contribution in [0.1, 0.15) is 25.7 Å². The molecule has 0 aromatic rings. The Labute approximate surface area is 66.9 Å². The van der Waals surface area contributed by atoms with Gasteiger partial charge in [-0.15, -0.1) is 0 Å². The minimum Gasteiger partial charge on any atom is -0.390 e. The first-order valence-corrected chi connectivity index (χ1v) is 4.36. The molecule has 3 atom stereocenters. The number of epoxide rings is 1. The number of aliphatic hydroxyl groups excluding tert-OH is 1. The average molecular weight is 154 g/mol. The van der Waals surface area contributed by atoms with Crippen molar-refractivity contribution in [1.29, 1.82) is 0 Å². The number of rotatable bonds is 0. The molecule has 11 heavy (non-hydrogen) atoms. The van der Waals surface area contributed by atoms with Crippen LogP contribution < -0.4 is 0 Å². The van der Waals surface area contributed by atoms with Crippen molar-refractivity contribution in [1.82, 2.24) is 0 Å². The predicted octanol–water partition coefficient (Wildman–Crippen LogP) is 1.24. The minimum absolute atomic E-state index is 0.162. The van der Waals surface area contributed by atoms with E-state index in [0.29, 0.717) is 6.10 Å². The fourth-order valence-electron chi connectivity index (χ4n) is 1.65. The van der Waals surface area contributed by atoms with E-state index in [9.17, 15) is 5.11 Å². The third-order valence-electron chi connectivity index (χ3n) is 2.41. The minimum atomic E-state index is -0.220. The van der Waals surface area contributed by atoms with Gasteiger partial charge in [0.1, 0.15) is 6.10 Å². The molecule has 0 spiro atoms. The molecular formula is C9H14O2. The number of hydrogen-bond donors (Lipinski definition) is 1. The Hall–Kier alpha value is -0.340. The Morgan fingerprint density at radius 3 is 2.73 bits per heavy atom. The summed E-state index contributed by atoms with van der Waals surface area (Å²) in [5.41, 5.74) is 0. The first-order chi connectivity index (χ1) is 5.38. The van der Waals surface area contributed by atoms with E-state index in [2.05, 4.69) is 12.2 Å². The summed E-state index contributed by atoms with van der Waals surface area (Å²) < 4.78 is 5.32. The van der Waals surface area contributed by atoms with Crippen molar-refractivity contribution in [3.63, 3.8) is 0 Å². The van der Waals surface area contributed by atoms with Crippen molar-refractivity contribution >= 4 is 0 Å². The zero-order valence-electron chi connectivity index (χ0n) is 6.57. The number of hydrogen-bond acceptors (Lipinski definition) is 2. The van der Waals surface area contributed by atoms with Crippen LogP contribution >= 0.6 is 0 Å². The molecule has 0 aromatic heterocycles. The predicted molar refractivity (Wildman–Crippen MR) is 42.3 cm³/mol. The molecule has 1 N–H and O–H groups in total. The Morgan fingerprint density at radius 2 is 1.91 bits per heavy atom. The highest BCUT2D eigenvalue weighted by molar-refractivity contribution is 4.96. The van der Waals surface area contributed by atoms with Gasteiger partial charge < -0.3 is 9.84 Å². The molecule has 0 radical (unpaired) electrons. The van der Waals surface area contributed by atoms with Gasteiger partial charge in [-0.2, -0.15) is 0 Å². The van der Waals surface area contributed by atoms with E-state index in [1.807, 2.05) is 0 Å². The van der Waals surface area contributed by atoms with Crippen LogP contribution in [0.15, 0.2) is 12.2 Å². The highest BCUT2D eigenvalue weighted by Crippen LogP contribution is 2.32. The lowest BCUT2D eigenvalue weighted by Crippen LogP contribution is -2.15. The van der Waals surface area contributed by atoms with E-state index < -0.39 is 0 Å². The molecule has 3 unspecified atom stereocenters. The summed E-state index contributed by atoms with van der Waals surface area (Å²) in [5, 5.41) is 9.49. The van der Waals surface area contributed by atoms with Crippen LogP contribution in [0.4, 0.5) is 0 Å². The van der Waals surface area contributed by atoms with Gasteiger partial charge in [-0.25, -0.2) is 0 Å². The average Bonchev–Trinajstić information content (AvgIpc) is 2.74. The van der Waals surface area contributed by atoms with Crippen LogP contribution in [-0.2, 0) is 4.74 Å². The molecule has 2 aliphatic rings. The van der Waals surface area contributed by atoms with Crippen molar-refractivity contribution < 1.29 is 9.84 Å². The van der Waals surface area contributed by atoms with E-state index in [-0.39, 0.29) is 12.2 Å². The molecule has 0 amide bonds. The van der Waals surface area contributed by atoms with Crippen LogP contribution in [0.25, 0.3) is 0 Å². The normalized spacial score (nSPS) is 46.5. The maximum absolute atomic E-state index is 9.49. The fraction of sp³-hybridized carbons (Fsp3) is 0.778. The smallest absolute Gasteiger partial charge is 0.110 e. The van der Waals surface area contributed by atoms with E-state index in [0.717, 1.165) is 25.7 Å². The maximum Gasteiger partial charge on any atom is 0.110 e. The number of fused-ring (bicyclic) bond motifs is 1. The monoisotopic (exact) mass is 154 g/mol. The summed E-state index contributed by atoms with van der Waals surface area (Å²) in [5.74, 6) is 0. The molecule has 1 aliphatic carbocycles. The molecule has 1 fully saturated rings. The molecule has 1 aliphatic heterocycles. The van der Waals surface area contributed by atoms with Gasteiger partial charge >= 0.3 is 0 Å². The van der Waals surface area contributed by atoms with Gasteiger partial charge in [0.25, 0.3) is 0 Å². The third-order valence-corrected chi connectivity index (χ3v) is 2.41. The van der Waals surface area contributed by atoms with Crippen LogP contribution in [0.3, 0.4) is 0 Å². The Kier molecular flexibility index (Phi) is 1.96. The molecule has 0 bridgehead atoms. The summed E-state index contributed by atoms with van der Waals surface area (Å²) in [4.78, 5) is 0. The Morgan fingerprint density at radius 1 is 1.18 bits per heavy atom. The summed E-state index contributed by atoms with van der Waals surface area (Å²) in [7, 11) is 0. The lowest BCUT2D eigenvalue weighted by Gasteiger charge is -2.03. The Balaban J connectivity index is 1.92. The first-order valence-electron chi connectivity index (χ1n) is 4.36. The van der Waals surface area contributed by atoms with Crippen molar-refractivity contribution in [3.8, 4) is 0 Å². The molecule has 2 rings (SSSR count). The SMILES string of the molecule is OC1CC/C=C\CCC2OC12. The first kappa shape index (κ1) is 7.32. The Bertz CT molecular complexity index is 165. The summed E-state index contributed by atoms with van der Waals surface area (Å²) in [6.45, 7) is 0. The van der Waals surface area contributed by atoms with Crippen molar-refractivity contribution in [2.45, 2.75) is 44.0 Å². The van der Waals surface area contributed by atoms with Crippen molar-refractivity contribution in [2.24, 2.45) is 0 Å². The van der Waals surface area contributed by atoms with Gasteiger partial charge in [0.2, 0.25) is 0 Å². The summed E-state index contributed by atoms with van der Waals surface area (Å²) in [6, 6.07) is 0. The summed E-state index contributed by atoms with van der Waals surface area (Å²) >= 11 is 0. The second-order valence-corrected chi connectivity index (χ2v) is 3.33. The molecule has 2 heteroatoms. The van der Waals surface area contributed by atoms with Crippen LogP contribution in [-0.4, -0.2) is 23.4 Å². The number of allylic oxidation sites excluding steroid dienone is 2. The molecular weight excluding hydrogens is 140 g/mol. The maximum atomic E-state index is 9.49. The highest BCUT2D eigenvalue weighted by Gasteiger charge is 2.43. The third kappa shape index (κ3) is 1.63. The second kappa shape index (κ2) is 2.95. The number of aliphatic hydroxyl groups is 1. The summed E-state index contributed by atoms with van der Waals surface area (Å²) in [6.07, 6.45) is 8.69. The van der Waals surface area contributed by atoms with E-state index in [1.54, 1.807) is 0 Å². The lowest BCUT2D eigenvalue weighted by molar-refractivity contribution is 0.127. The van der Waals surface area contributed by atoms with Gasteiger partial charge in [-0.05, 0) is 25.7 Å². The highest BCUT2D eigenvalue weighted by atomic mass is 16.6. The van der Waals surface area contributed by atoms with Crippen LogP contribution in [0.2, 0.25) is 0 Å². The van der Waals surface area contributed by atoms with Gasteiger partial charge in [-0.3, -0.25) is 0 Å². The molecule has 2 nitrogen and oxygen atoms in total. The number of ether oxygens (including phenoxy) is 1. The topological polar surface area (TPSA) is 32.8 Å². The van der Waals surface area contributed by atoms with Crippen LogP contribution in [0.5, 0.6) is 0 Å². The van der Waals surface area contributed by atoms with Gasteiger partial charge in [0, 0.05) is 0 Å². The molecule has 62 valence electrons. The zero-order valence-corrected chi connectivity index (χ0v) is 6.57.